The van der Waals surface area contributed by atoms with Crippen LogP contribution in [0.4, 0.5) is 5.82 Å². The molecule has 3 aromatic heterocycles. The van der Waals surface area contributed by atoms with Crippen LogP contribution >= 0.6 is 0 Å². The van der Waals surface area contributed by atoms with Crippen molar-refractivity contribution in [2.24, 2.45) is 7.05 Å². The minimum Gasteiger partial charge on any atom is -0.363 e. The fourth-order valence-electron chi connectivity index (χ4n) is 4.21. The molecule has 34 heavy (non-hydrogen) atoms. The van der Waals surface area contributed by atoms with Crippen LogP contribution < -0.4 is 10.6 Å². The second-order valence-electron chi connectivity index (χ2n) is 8.96. The molecule has 0 atom stereocenters. The summed E-state index contributed by atoms with van der Waals surface area (Å²) in [5.41, 5.74) is 7.45. The van der Waals surface area contributed by atoms with E-state index in [1.165, 1.54) is 0 Å². The minimum atomic E-state index is -0.0146. The maximum absolute atomic E-state index is 12.4. The fraction of sp³-hybridized carbons (Fsp3) is 0.231. The van der Waals surface area contributed by atoms with Crippen molar-refractivity contribution in [1.29, 1.82) is 0 Å². The maximum atomic E-state index is 12.4. The Morgan fingerprint density at radius 1 is 1.12 bits per heavy atom. The summed E-state index contributed by atoms with van der Waals surface area (Å²) in [6, 6.07) is 14.3. The van der Waals surface area contributed by atoms with Gasteiger partial charge in [-0.2, -0.15) is 5.10 Å². The third-order valence-electron chi connectivity index (χ3n) is 6.15. The molecule has 1 aliphatic carbocycles. The molecular weight excluding hydrogens is 426 g/mol. The van der Waals surface area contributed by atoms with E-state index in [4.69, 9.17) is 9.97 Å². The molecule has 6 rings (SSSR count). The van der Waals surface area contributed by atoms with E-state index in [9.17, 15) is 4.79 Å². The molecule has 1 saturated carbocycles. The normalized spacial score (nSPS) is 13.5. The van der Waals surface area contributed by atoms with Gasteiger partial charge in [0.1, 0.15) is 0 Å². The number of anilines is 1. The lowest BCUT2D eigenvalue weighted by Gasteiger charge is -2.12. The van der Waals surface area contributed by atoms with E-state index in [1.807, 2.05) is 49.9 Å². The monoisotopic (exact) mass is 451 g/mol. The fourth-order valence-corrected chi connectivity index (χ4v) is 4.21. The average Bonchev–Trinajstić information content (AvgIpc) is 3.37. The zero-order valence-corrected chi connectivity index (χ0v) is 19.1. The molecule has 0 radical (unpaired) electrons. The number of aromatic nitrogens is 5. The lowest BCUT2D eigenvalue weighted by atomic mass is 10.1. The average molecular weight is 452 g/mol. The first-order valence-electron chi connectivity index (χ1n) is 11.5. The number of fused-ring (bicyclic) bond motifs is 3. The third-order valence-corrected chi connectivity index (χ3v) is 6.15. The Kier molecular flexibility index (Phi) is 4.79. The molecular formula is C26H25N7O. The lowest BCUT2D eigenvalue weighted by Crippen LogP contribution is -2.25. The van der Waals surface area contributed by atoms with Crippen LogP contribution in [-0.2, 0) is 13.6 Å². The van der Waals surface area contributed by atoms with Gasteiger partial charge in [0.15, 0.2) is 11.5 Å². The van der Waals surface area contributed by atoms with Gasteiger partial charge in [0.05, 0.1) is 29.1 Å². The van der Waals surface area contributed by atoms with Crippen LogP contribution in [0.15, 0.2) is 61.1 Å². The number of rotatable bonds is 6. The molecule has 2 aromatic carbocycles. The van der Waals surface area contributed by atoms with Gasteiger partial charge < -0.3 is 10.6 Å². The summed E-state index contributed by atoms with van der Waals surface area (Å²) in [4.78, 5) is 22.0. The highest BCUT2D eigenvalue weighted by Gasteiger charge is 2.24. The summed E-state index contributed by atoms with van der Waals surface area (Å²) >= 11 is 0. The van der Waals surface area contributed by atoms with Gasteiger partial charge in [-0.05, 0) is 49.6 Å². The number of hydrogen-bond acceptors (Lipinski definition) is 5. The Bertz CT molecular complexity index is 1530. The summed E-state index contributed by atoms with van der Waals surface area (Å²) in [5.74, 6) is 0.702. The second-order valence-corrected chi connectivity index (χ2v) is 8.96. The molecule has 1 aliphatic rings. The van der Waals surface area contributed by atoms with Gasteiger partial charge in [-0.1, -0.05) is 18.2 Å². The van der Waals surface area contributed by atoms with Crippen molar-refractivity contribution in [3.05, 3.63) is 77.7 Å². The summed E-state index contributed by atoms with van der Waals surface area (Å²) < 4.78 is 3.92. The topological polar surface area (TPSA) is 89.1 Å². The third kappa shape index (κ3) is 3.77. The minimum absolute atomic E-state index is 0.0146. The number of nitrogens with zero attached hydrogens (tertiary/aromatic N) is 5. The molecule has 5 aromatic rings. The van der Waals surface area contributed by atoms with Gasteiger partial charge in [0.25, 0.3) is 5.91 Å². The lowest BCUT2D eigenvalue weighted by molar-refractivity contribution is 0.0951. The standard InChI is InChI=1S/C26H25N7O/c1-16-3-10-22-21(11-16)31-24(27-12-17-13-29-32(2)15-17)25-28-14-23(33(22)25)18-4-6-19(7-5-18)26(34)30-20-8-9-20/h3-7,10-11,13-15,20H,8-9,12H2,1-2H3,(H,27,31)(H,30,34). The van der Waals surface area contributed by atoms with Crippen molar-refractivity contribution in [2.75, 3.05) is 5.32 Å². The molecule has 170 valence electrons. The number of hydrogen-bond donors (Lipinski definition) is 2. The van der Waals surface area contributed by atoms with Gasteiger partial charge >= 0.3 is 0 Å². The molecule has 2 N–H and O–H groups in total. The van der Waals surface area contributed by atoms with Gasteiger partial charge in [0.2, 0.25) is 0 Å². The van der Waals surface area contributed by atoms with E-state index in [0.29, 0.717) is 24.0 Å². The van der Waals surface area contributed by atoms with Crippen molar-refractivity contribution in [3.63, 3.8) is 0 Å². The van der Waals surface area contributed by atoms with Crippen molar-refractivity contribution in [2.45, 2.75) is 32.4 Å². The smallest absolute Gasteiger partial charge is 0.251 e. The number of imidazole rings is 1. The summed E-state index contributed by atoms with van der Waals surface area (Å²) in [6.45, 7) is 2.66. The summed E-state index contributed by atoms with van der Waals surface area (Å²) in [5, 5.41) is 10.7. The number of carbonyl (C=O) groups is 1. The van der Waals surface area contributed by atoms with Gasteiger partial charge in [-0.3, -0.25) is 13.9 Å². The Morgan fingerprint density at radius 2 is 1.94 bits per heavy atom. The predicted molar refractivity (Wildman–Crippen MR) is 132 cm³/mol. The van der Waals surface area contributed by atoms with Crippen LogP contribution in [-0.4, -0.2) is 36.1 Å². The molecule has 0 saturated heterocycles. The largest absolute Gasteiger partial charge is 0.363 e. The summed E-state index contributed by atoms with van der Waals surface area (Å²) in [6.07, 6.45) is 7.83. The molecule has 1 amide bonds. The second kappa shape index (κ2) is 7.98. The Morgan fingerprint density at radius 3 is 2.68 bits per heavy atom. The SMILES string of the molecule is Cc1ccc2c(c1)nc(NCc1cnn(C)c1)c1ncc(-c3ccc(C(=O)NC4CC4)cc3)n12. The number of aryl methyl sites for hydroxylation is 2. The molecule has 3 heterocycles. The van der Waals surface area contributed by atoms with E-state index in [1.54, 1.807) is 4.68 Å². The van der Waals surface area contributed by atoms with E-state index in [-0.39, 0.29) is 5.91 Å². The highest BCUT2D eigenvalue weighted by atomic mass is 16.1. The van der Waals surface area contributed by atoms with Crippen molar-refractivity contribution >= 4 is 28.4 Å². The van der Waals surface area contributed by atoms with E-state index in [2.05, 4.69) is 45.3 Å². The molecule has 8 nitrogen and oxygen atoms in total. The zero-order valence-electron chi connectivity index (χ0n) is 19.1. The number of carbonyl (C=O) groups excluding carboxylic acids is 1. The summed E-state index contributed by atoms with van der Waals surface area (Å²) in [7, 11) is 1.90. The first-order chi connectivity index (χ1) is 16.5. The number of amides is 1. The highest BCUT2D eigenvalue weighted by molar-refractivity contribution is 5.95. The van der Waals surface area contributed by atoms with Crippen molar-refractivity contribution in [1.82, 2.24) is 29.5 Å². The molecule has 0 unspecified atom stereocenters. The molecule has 1 fully saturated rings. The highest BCUT2D eigenvalue weighted by Crippen LogP contribution is 2.29. The van der Waals surface area contributed by atoms with E-state index >= 15 is 0 Å². The van der Waals surface area contributed by atoms with Crippen LogP contribution in [0.25, 0.3) is 27.9 Å². The van der Waals surface area contributed by atoms with E-state index in [0.717, 1.165) is 51.9 Å². The first-order valence-corrected chi connectivity index (χ1v) is 11.5. The van der Waals surface area contributed by atoms with Crippen molar-refractivity contribution in [3.8, 4) is 11.3 Å². The van der Waals surface area contributed by atoms with Crippen LogP contribution in [0, 0.1) is 6.92 Å². The Balaban J connectivity index is 1.41. The number of benzene rings is 2. The molecule has 0 aliphatic heterocycles. The van der Waals surface area contributed by atoms with Gasteiger partial charge in [-0.15, -0.1) is 0 Å². The van der Waals surface area contributed by atoms with Gasteiger partial charge in [0, 0.05) is 42.5 Å². The Hall–Kier alpha value is -4.20. The number of nitrogens with one attached hydrogen (secondary N) is 2. The maximum Gasteiger partial charge on any atom is 0.251 e. The zero-order chi connectivity index (χ0) is 23.2. The Labute approximate surface area is 196 Å². The van der Waals surface area contributed by atoms with Crippen LogP contribution in [0.2, 0.25) is 0 Å². The van der Waals surface area contributed by atoms with Gasteiger partial charge in [-0.25, -0.2) is 9.97 Å². The molecule has 0 bridgehead atoms. The van der Waals surface area contributed by atoms with Crippen LogP contribution in [0.5, 0.6) is 0 Å². The quantitative estimate of drug-likeness (QED) is 0.406. The first kappa shape index (κ1) is 20.4. The van der Waals surface area contributed by atoms with Crippen LogP contribution in [0.3, 0.4) is 0 Å². The van der Waals surface area contributed by atoms with Crippen molar-refractivity contribution < 1.29 is 4.79 Å². The van der Waals surface area contributed by atoms with E-state index < -0.39 is 0 Å². The van der Waals surface area contributed by atoms with Crippen LogP contribution in [0.1, 0.15) is 34.3 Å². The molecule has 0 spiro atoms. The predicted octanol–water partition coefficient (Wildman–Crippen LogP) is 4.10. The molecule has 8 heteroatoms.